The third-order valence-electron chi connectivity index (χ3n) is 6.96. The second kappa shape index (κ2) is 14.8. The first-order valence-electron chi connectivity index (χ1n) is 14.3. The minimum atomic E-state index is -1.00. The number of rotatable bonds is 15. The molecule has 1 amide bonds. The number of amidine groups is 1. The maximum absolute atomic E-state index is 12.0. The molecular weight excluding hydrogens is 564 g/mol. The zero-order valence-electron chi connectivity index (χ0n) is 24.0. The molecule has 13 nitrogen and oxygen atoms in total. The third kappa shape index (κ3) is 8.18. The number of nitrogens with zero attached hydrogens (tertiary/aromatic N) is 3. The van der Waals surface area contributed by atoms with Crippen molar-refractivity contribution in [1.82, 2.24) is 32.0 Å². The van der Waals surface area contributed by atoms with Crippen LogP contribution in [-0.4, -0.2) is 52.2 Å². The topological polar surface area (TPSA) is 189 Å². The van der Waals surface area contributed by atoms with Crippen molar-refractivity contribution in [3.63, 3.8) is 0 Å². The number of hydrogen-bond donors (Lipinski definition) is 6. The second-order valence-electron chi connectivity index (χ2n) is 10.2. The Bertz CT molecular complexity index is 1570. The number of unbranched alkanes of at least 4 members (excludes halogenated alkanes) is 1. The normalized spacial score (nSPS) is 13.0. The van der Waals surface area contributed by atoms with Crippen LogP contribution in [0.3, 0.4) is 0 Å². The summed E-state index contributed by atoms with van der Waals surface area (Å²) >= 11 is 0. The van der Waals surface area contributed by atoms with Crippen molar-refractivity contribution in [2.24, 2.45) is 10.8 Å². The number of carbonyl (C=O) groups excluding carboxylic acids is 1. The average molecular weight is 599 g/mol. The molecule has 0 aliphatic carbocycles. The Morgan fingerprint density at radius 2 is 1.55 bits per heavy atom. The van der Waals surface area contributed by atoms with E-state index < -0.39 is 12.0 Å². The van der Waals surface area contributed by atoms with E-state index in [1.165, 1.54) is 0 Å². The fourth-order valence-electron chi connectivity index (χ4n) is 4.47. The predicted octanol–water partition coefficient (Wildman–Crippen LogP) is 3.20. The number of carboxylic acid groups (broad SMARTS) is 1. The molecule has 3 aromatic carbocycles. The highest BCUT2D eigenvalue weighted by Crippen LogP contribution is 2.27. The van der Waals surface area contributed by atoms with Crippen LogP contribution in [0.15, 0.2) is 82.4 Å². The first kappa shape index (κ1) is 30.2. The summed E-state index contributed by atoms with van der Waals surface area (Å²) in [6, 6.07) is 22.5. The van der Waals surface area contributed by atoms with Crippen molar-refractivity contribution in [1.29, 1.82) is 0 Å². The molecule has 0 unspecified atom stereocenters. The Morgan fingerprint density at radius 3 is 2.23 bits per heavy atom. The minimum absolute atomic E-state index is 0.0512. The van der Waals surface area contributed by atoms with E-state index >= 15 is 0 Å². The van der Waals surface area contributed by atoms with Crippen molar-refractivity contribution in [2.45, 2.75) is 38.1 Å². The van der Waals surface area contributed by atoms with Gasteiger partial charge >= 0.3 is 5.97 Å². The molecule has 5 rings (SSSR count). The highest BCUT2D eigenvalue weighted by Gasteiger charge is 2.13. The lowest BCUT2D eigenvalue weighted by atomic mass is 10.0. The number of aromatic nitrogens is 2. The lowest BCUT2D eigenvalue weighted by molar-refractivity contribution is -0.138. The molecule has 2 heterocycles. The number of amides is 1. The number of aliphatic carboxylic acids is 1. The van der Waals surface area contributed by atoms with Gasteiger partial charge in [0, 0.05) is 29.7 Å². The summed E-state index contributed by atoms with van der Waals surface area (Å²) in [5.41, 5.74) is 18.3. The molecule has 1 aliphatic heterocycles. The van der Waals surface area contributed by atoms with E-state index in [1.807, 2.05) is 72.8 Å². The SMILES string of the molecule is N[C@@H](CCCCNC(=O)CCCOc1ccc(-c2ccc(-c3noc(-c4ccc(C5=NNNN5)cc4)n3)cc2)cc1)C(=O)O. The van der Waals surface area contributed by atoms with Gasteiger partial charge < -0.3 is 25.4 Å². The fourth-order valence-corrected chi connectivity index (χ4v) is 4.47. The summed E-state index contributed by atoms with van der Waals surface area (Å²) in [5.74, 6) is 1.30. The van der Waals surface area contributed by atoms with Gasteiger partial charge in [-0.1, -0.05) is 53.7 Å². The van der Waals surface area contributed by atoms with E-state index in [-0.39, 0.29) is 5.91 Å². The summed E-state index contributed by atoms with van der Waals surface area (Å²) in [5, 5.41) is 19.9. The highest BCUT2D eigenvalue weighted by atomic mass is 16.5. The van der Waals surface area contributed by atoms with E-state index in [0.29, 0.717) is 62.8 Å². The van der Waals surface area contributed by atoms with Crippen LogP contribution in [0.1, 0.15) is 37.7 Å². The minimum Gasteiger partial charge on any atom is -0.494 e. The van der Waals surface area contributed by atoms with Crippen LogP contribution >= 0.6 is 0 Å². The summed E-state index contributed by atoms with van der Waals surface area (Å²) in [7, 11) is 0. The summed E-state index contributed by atoms with van der Waals surface area (Å²) in [6.45, 7) is 0.929. The second-order valence-corrected chi connectivity index (χ2v) is 10.2. The maximum atomic E-state index is 12.0. The zero-order chi connectivity index (χ0) is 30.7. The maximum Gasteiger partial charge on any atom is 0.320 e. The molecular formula is C31H34N8O5. The largest absolute Gasteiger partial charge is 0.494 e. The molecule has 0 saturated carbocycles. The van der Waals surface area contributed by atoms with Crippen molar-refractivity contribution >= 4 is 17.7 Å². The van der Waals surface area contributed by atoms with Gasteiger partial charge in [-0.15, -0.1) is 10.6 Å². The smallest absolute Gasteiger partial charge is 0.320 e. The molecule has 0 spiro atoms. The van der Waals surface area contributed by atoms with Gasteiger partial charge in [0.1, 0.15) is 11.8 Å². The number of hydrogen-bond acceptors (Lipinski definition) is 11. The molecule has 0 saturated heterocycles. The number of benzene rings is 3. The van der Waals surface area contributed by atoms with E-state index in [0.717, 1.165) is 33.6 Å². The lowest BCUT2D eigenvalue weighted by Gasteiger charge is -2.09. The Hall–Kier alpha value is -5.27. The first-order chi connectivity index (χ1) is 21.5. The van der Waals surface area contributed by atoms with Gasteiger partial charge in [0.05, 0.1) is 6.61 Å². The third-order valence-corrected chi connectivity index (χ3v) is 6.96. The highest BCUT2D eigenvalue weighted by molar-refractivity contribution is 5.99. The molecule has 44 heavy (non-hydrogen) atoms. The van der Waals surface area contributed by atoms with Gasteiger partial charge in [0.2, 0.25) is 11.7 Å². The van der Waals surface area contributed by atoms with Crippen LogP contribution in [0.25, 0.3) is 34.0 Å². The molecule has 1 aliphatic rings. The van der Waals surface area contributed by atoms with E-state index in [1.54, 1.807) is 0 Å². The number of nitrogens with one attached hydrogen (secondary N) is 4. The van der Waals surface area contributed by atoms with Gasteiger partial charge in [-0.2, -0.15) is 4.98 Å². The molecule has 4 aromatic rings. The van der Waals surface area contributed by atoms with Gasteiger partial charge in [-0.25, -0.2) is 5.53 Å². The van der Waals surface area contributed by atoms with Gasteiger partial charge in [-0.3, -0.25) is 15.0 Å². The van der Waals surface area contributed by atoms with Crippen LogP contribution in [0.4, 0.5) is 0 Å². The molecule has 0 bridgehead atoms. The molecule has 0 radical (unpaired) electrons. The fraction of sp³-hybridized carbons (Fsp3) is 0.258. The van der Waals surface area contributed by atoms with E-state index in [9.17, 15) is 9.59 Å². The monoisotopic (exact) mass is 598 g/mol. The van der Waals surface area contributed by atoms with Crippen LogP contribution in [0.2, 0.25) is 0 Å². The van der Waals surface area contributed by atoms with Gasteiger partial charge in [0.15, 0.2) is 5.84 Å². The van der Waals surface area contributed by atoms with Crippen molar-refractivity contribution in [3.05, 3.63) is 78.4 Å². The molecule has 1 atom stereocenters. The quantitative estimate of drug-likeness (QED) is 0.110. The van der Waals surface area contributed by atoms with Crippen LogP contribution in [0.5, 0.6) is 5.75 Å². The van der Waals surface area contributed by atoms with E-state index in [2.05, 4.69) is 37.1 Å². The number of hydrazone groups is 1. The number of ether oxygens (including phenoxy) is 1. The number of nitrogens with two attached hydrogens (primary N) is 1. The van der Waals surface area contributed by atoms with Crippen LogP contribution in [-0.2, 0) is 9.59 Å². The summed E-state index contributed by atoms with van der Waals surface area (Å²) in [6.07, 6.45) is 2.69. The molecule has 228 valence electrons. The Kier molecular flexibility index (Phi) is 10.1. The molecule has 1 aromatic heterocycles. The van der Waals surface area contributed by atoms with Crippen LogP contribution < -0.4 is 32.3 Å². The Morgan fingerprint density at radius 1 is 0.886 bits per heavy atom. The average Bonchev–Trinajstić information content (AvgIpc) is 3.77. The summed E-state index contributed by atoms with van der Waals surface area (Å²) in [4.78, 5) is 27.3. The number of carbonyl (C=O) groups is 2. The standard InChI is InChI=1S/C31H34N8O5/c32-26(31(41)42)4-1-2-18-33-27(40)5-3-19-43-25-16-14-21(15-17-25)20-6-8-22(9-7-20)28-34-30(44-37-28)24-12-10-23(11-13-24)29-35-38-39-36-29/h6-17,26,38-39H,1-5,18-19,32H2,(H,33,40)(H,35,36)(H,41,42)/t26-/m0/s1. The lowest BCUT2D eigenvalue weighted by Crippen LogP contribution is -2.35. The molecule has 7 N–H and O–H groups in total. The Labute approximate surface area is 253 Å². The Balaban J connectivity index is 1.04. The first-order valence-corrected chi connectivity index (χ1v) is 14.3. The van der Waals surface area contributed by atoms with Gasteiger partial charge in [0.25, 0.3) is 5.89 Å². The number of hydrazine groups is 2. The van der Waals surface area contributed by atoms with Crippen molar-refractivity contribution in [3.8, 4) is 39.7 Å². The van der Waals surface area contributed by atoms with E-state index in [4.69, 9.17) is 20.1 Å². The predicted molar refractivity (Wildman–Crippen MR) is 164 cm³/mol. The zero-order valence-corrected chi connectivity index (χ0v) is 24.0. The van der Waals surface area contributed by atoms with Crippen molar-refractivity contribution < 1.29 is 24.0 Å². The summed E-state index contributed by atoms with van der Waals surface area (Å²) < 4.78 is 11.3. The molecule has 13 heteroatoms. The van der Waals surface area contributed by atoms with Crippen molar-refractivity contribution in [2.75, 3.05) is 13.2 Å². The van der Waals surface area contributed by atoms with Crippen LogP contribution in [0, 0.1) is 0 Å². The number of carboxylic acids is 1. The van der Waals surface area contributed by atoms with Gasteiger partial charge in [-0.05, 0) is 61.1 Å². The molecule has 0 fully saturated rings.